The maximum absolute atomic E-state index is 11.2. The molecule has 0 aliphatic rings. The zero-order valence-corrected chi connectivity index (χ0v) is 14.1. The second-order valence-electron chi connectivity index (χ2n) is 6.23. The van der Waals surface area contributed by atoms with Gasteiger partial charge in [-0.05, 0) is 35.6 Å². The highest BCUT2D eigenvalue weighted by atomic mass is 16.6. The number of benzene rings is 2. The molecule has 2 aromatic rings. The van der Waals surface area contributed by atoms with Gasteiger partial charge in [0, 0.05) is 12.1 Å². The molecule has 0 atom stereocenters. The number of azo groups is 1. The zero-order valence-electron chi connectivity index (χ0n) is 14.1. The largest absolute Gasteiger partial charge is 0.508 e. The minimum absolute atomic E-state index is 0.0556. The van der Waals surface area contributed by atoms with Gasteiger partial charge in [-0.15, -0.1) is 10.2 Å². The number of rotatable bonds is 5. The van der Waals surface area contributed by atoms with Crippen molar-refractivity contribution >= 4 is 17.1 Å². The molecule has 2 aromatic carbocycles. The van der Waals surface area contributed by atoms with Gasteiger partial charge in [0.25, 0.3) is 0 Å². The van der Waals surface area contributed by atoms with Gasteiger partial charge in [-0.3, -0.25) is 10.1 Å². The fourth-order valence-electron chi connectivity index (χ4n) is 2.12. The van der Waals surface area contributed by atoms with Gasteiger partial charge in [0.05, 0.1) is 4.92 Å². The van der Waals surface area contributed by atoms with Crippen LogP contribution in [0.25, 0.3) is 0 Å². The Kier molecular flexibility index (Phi) is 4.92. The first kappa shape index (κ1) is 18.2. The third kappa shape index (κ3) is 3.85. The summed E-state index contributed by atoms with van der Waals surface area (Å²) < 4.78 is 0. The molecule has 0 saturated carbocycles. The Bertz CT molecular complexity index is 846. The monoisotopic (exact) mass is 345 g/mol. The SMILES string of the molecule is CCC(C)(C)c1cc(N=Nc2ccc(O)cc2O)c(O)c([N+](=O)[O-])c1. The standard InChI is InChI=1S/C17H19N3O5/c1-4-17(2,3)10-7-13(16(23)14(8-10)20(24)25)19-18-12-6-5-11(21)9-15(12)22/h5-9,21-23H,4H2,1-3H3. The van der Waals surface area contributed by atoms with Crippen molar-refractivity contribution in [2.75, 3.05) is 0 Å². The van der Waals surface area contributed by atoms with E-state index in [1.807, 2.05) is 20.8 Å². The summed E-state index contributed by atoms with van der Waals surface area (Å²) in [6.45, 7) is 5.81. The molecule has 0 aliphatic carbocycles. The molecule has 0 spiro atoms. The number of hydrogen-bond acceptors (Lipinski definition) is 7. The number of nitro benzene ring substituents is 1. The average molecular weight is 345 g/mol. The predicted molar refractivity (Wildman–Crippen MR) is 92.0 cm³/mol. The molecule has 0 heterocycles. The molecule has 2 rings (SSSR count). The van der Waals surface area contributed by atoms with Gasteiger partial charge in [-0.2, -0.15) is 0 Å². The molecular formula is C17H19N3O5. The average Bonchev–Trinajstić information content (AvgIpc) is 2.54. The van der Waals surface area contributed by atoms with E-state index in [0.29, 0.717) is 5.56 Å². The molecule has 0 aliphatic heterocycles. The molecule has 0 amide bonds. The van der Waals surface area contributed by atoms with Crippen LogP contribution in [-0.2, 0) is 5.41 Å². The van der Waals surface area contributed by atoms with Crippen LogP contribution in [0.2, 0.25) is 0 Å². The Labute approximate surface area is 144 Å². The van der Waals surface area contributed by atoms with Gasteiger partial charge < -0.3 is 15.3 Å². The molecular weight excluding hydrogens is 326 g/mol. The van der Waals surface area contributed by atoms with Crippen molar-refractivity contribution in [2.45, 2.75) is 32.6 Å². The Morgan fingerprint density at radius 3 is 2.28 bits per heavy atom. The fourth-order valence-corrected chi connectivity index (χ4v) is 2.12. The molecule has 25 heavy (non-hydrogen) atoms. The Hall–Kier alpha value is -3.16. The highest BCUT2D eigenvalue weighted by molar-refractivity contribution is 5.65. The van der Waals surface area contributed by atoms with Crippen molar-refractivity contribution in [3.63, 3.8) is 0 Å². The third-order valence-corrected chi connectivity index (χ3v) is 4.16. The molecule has 0 radical (unpaired) electrons. The summed E-state index contributed by atoms with van der Waals surface area (Å²) in [6, 6.07) is 6.60. The first-order chi connectivity index (χ1) is 11.7. The molecule has 3 N–H and O–H groups in total. The smallest absolute Gasteiger partial charge is 0.313 e. The van der Waals surface area contributed by atoms with Crippen molar-refractivity contribution in [3.8, 4) is 17.2 Å². The molecule has 0 fully saturated rings. The summed E-state index contributed by atoms with van der Waals surface area (Å²) in [7, 11) is 0. The lowest BCUT2D eigenvalue weighted by Crippen LogP contribution is -2.15. The molecule has 0 aromatic heterocycles. The summed E-state index contributed by atoms with van der Waals surface area (Å²) >= 11 is 0. The Morgan fingerprint density at radius 1 is 1.08 bits per heavy atom. The van der Waals surface area contributed by atoms with Crippen molar-refractivity contribution in [1.82, 2.24) is 0 Å². The lowest BCUT2D eigenvalue weighted by Gasteiger charge is -2.23. The van der Waals surface area contributed by atoms with Crippen LogP contribution in [0.5, 0.6) is 17.2 Å². The van der Waals surface area contributed by atoms with Gasteiger partial charge in [0.15, 0.2) is 0 Å². The normalized spacial score (nSPS) is 11.8. The first-order valence-corrected chi connectivity index (χ1v) is 7.61. The van der Waals surface area contributed by atoms with E-state index in [-0.39, 0.29) is 28.3 Å². The van der Waals surface area contributed by atoms with E-state index in [2.05, 4.69) is 10.2 Å². The fraction of sp³-hybridized carbons (Fsp3) is 0.294. The second-order valence-corrected chi connectivity index (χ2v) is 6.23. The van der Waals surface area contributed by atoms with Gasteiger partial charge in [-0.1, -0.05) is 20.8 Å². The minimum Gasteiger partial charge on any atom is -0.508 e. The number of hydrogen-bond donors (Lipinski definition) is 3. The Balaban J connectivity index is 2.56. The molecule has 0 bridgehead atoms. The Morgan fingerprint density at radius 2 is 1.72 bits per heavy atom. The summed E-state index contributed by atoms with van der Waals surface area (Å²) in [4.78, 5) is 10.5. The van der Waals surface area contributed by atoms with E-state index >= 15 is 0 Å². The molecule has 0 unspecified atom stereocenters. The van der Waals surface area contributed by atoms with Gasteiger partial charge >= 0.3 is 5.69 Å². The third-order valence-electron chi connectivity index (χ3n) is 4.16. The van der Waals surface area contributed by atoms with E-state index < -0.39 is 16.4 Å². The van der Waals surface area contributed by atoms with Crippen LogP contribution in [0.15, 0.2) is 40.6 Å². The van der Waals surface area contributed by atoms with Crippen molar-refractivity contribution in [1.29, 1.82) is 0 Å². The summed E-state index contributed by atoms with van der Waals surface area (Å²) in [5.74, 6) is -1.04. The van der Waals surface area contributed by atoms with Gasteiger partial charge in [0.1, 0.15) is 22.9 Å². The first-order valence-electron chi connectivity index (χ1n) is 7.61. The summed E-state index contributed by atoms with van der Waals surface area (Å²) in [5, 5.41) is 48.0. The minimum atomic E-state index is -0.679. The summed E-state index contributed by atoms with van der Waals surface area (Å²) in [6.07, 6.45) is 0.726. The highest BCUT2D eigenvalue weighted by Crippen LogP contribution is 2.42. The number of aromatic hydroxyl groups is 3. The van der Waals surface area contributed by atoms with Gasteiger partial charge in [0.2, 0.25) is 5.75 Å². The summed E-state index contributed by atoms with van der Waals surface area (Å²) in [5.41, 5.74) is -0.187. The van der Waals surface area contributed by atoms with Crippen molar-refractivity contribution < 1.29 is 20.2 Å². The van der Waals surface area contributed by atoms with Crippen LogP contribution in [-0.4, -0.2) is 20.2 Å². The van der Waals surface area contributed by atoms with Crippen LogP contribution >= 0.6 is 0 Å². The van der Waals surface area contributed by atoms with E-state index in [1.54, 1.807) is 0 Å². The van der Waals surface area contributed by atoms with E-state index in [1.165, 1.54) is 24.3 Å². The molecule has 8 nitrogen and oxygen atoms in total. The van der Waals surface area contributed by atoms with Crippen LogP contribution in [0.4, 0.5) is 17.1 Å². The number of nitrogens with zero attached hydrogens (tertiary/aromatic N) is 3. The van der Waals surface area contributed by atoms with E-state index in [4.69, 9.17) is 0 Å². The van der Waals surface area contributed by atoms with Crippen LogP contribution in [0.3, 0.4) is 0 Å². The van der Waals surface area contributed by atoms with E-state index in [0.717, 1.165) is 12.5 Å². The predicted octanol–water partition coefficient (Wildman–Crippen LogP) is 4.81. The quantitative estimate of drug-likeness (QED) is 0.406. The van der Waals surface area contributed by atoms with Gasteiger partial charge in [-0.25, -0.2) is 0 Å². The number of phenolic OH excluding ortho intramolecular Hbond substituents is 3. The maximum Gasteiger partial charge on any atom is 0.313 e. The number of phenols is 3. The highest BCUT2D eigenvalue weighted by Gasteiger charge is 2.26. The zero-order chi connectivity index (χ0) is 18.8. The van der Waals surface area contributed by atoms with Crippen molar-refractivity contribution in [3.05, 3.63) is 46.0 Å². The lowest BCUT2D eigenvalue weighted by atomic mass is 9.82. The second kappa shape index (κ2) is 6.76. The topological polar surface area (TPSA) is 129 Å². The number of nitro groups is 1. The lowest BCUT2D eigenvalue weighted by molar-refractivity contribution is -0.385. The van der Waals surface area contributed by atoms with Crippen LogP contribution in [0.1, 0.15) is 32.8 Å². The van der Waals surface area contributed by atoms with E-state index in [9.17, 15) is 25.4 Å². The molecule has 0 saturated heterocycles. The molecule has 8 heteroatoms. The van der Waals surface area contributed by atoms with Crippen molar-refractivity contribution in [2.24, 2.45) is 10.2 Å². The van der Waals surface area contributed by atoms with Crippen LogP contribution in [0, 0.1) is 10.1 Å². The maximum atomic E-state index is 11.2. The molecule has 132 valence electrons. The van der Waals surface area contributed by atoms with Crippen LogP contribution < -0.4 is 0 Å².